The zero-order chi connectivity index (χ0) is 12.4. The first kappa shape index (κ1) is 14.9. The molecule has 0 bridgehead atoms. The van der Waals surface area contributed by atoms with Crippen LogP contribution in [0.2, 0.25) is 0 Å². The van der Waals surface area contributed by atoms with Gasteiger partial charge in [0.25, 0.3) is 0 Å². The highest BCUT2D eigenvalue weighted by Crippen LogP contribution is 1.87. The Hall–Kier alpha value is -1.14. The fourth-order valence-corrected chi connectivity index (χ4v) is 0.931. The van der Waals surface area contributed by atoms with Crippen molar-refractivity contribution >= 4 is 11.8 Å². The first-order valence-electron chi connectivity index (χ1n) is 5.18. The van der Waals surface area contributed by atoms with Gasteiger partial charge in [0.15, 0.2) is 0 Å². The SMILES string of the molecule is COCCNC(=O)CCNC(=O)C(C)OC. The summed E-state index contributed by atoms with van der Waals surface area (Å²) in [5.41, 5.74) is 0. The fourth-order valence-electron chi connectivity index (χ4n) is 0.931. The van der Waals surface area contributed by atoms with Crippen molar-refractivity contribution in [3.8, 4) is 0 Å². The summed E-state index contributed by atoms with van der Waals surface area (Å²) in [6, 6.07) is 0. The van der Waals surface area contributed by atoms with Crippen molar-refractivity contribution in [1.29, 1.82) is 0 Å². The van der Waals surface area contributed by atoms with Crippen molar-refractivity contribution in [2.24, 2.45) is 0 Å². The maximum absolute atomic E-state index is 11.2. The largest absolute Gasteiger partial charge is 0.383 e. The van der Waals surface area contributed by atoms with Crippen LogP contribution < -0.4 is 10.6 Å². The lowest BCUT2D eigenvalue weighted by Crippen LogP contribution is -2.37. The predicted molar refractivity (Wildman–Crippen MR) is 59.0 cm³/mol. The van der Waals surface area contributed by atoms with Crippen LogP contribution in [0.5, 0.6) is 0 Å². The van der Waals surface area contributed by atoms with Crippen LogP contribution >= 0.6 is 0 Å². The molecule has 0 aromatic carbocycles. The fraction of sp³-hybridized carbons (Fsp3) is 0.800. The molecule has 0 saturated heterocycles. The standard InChI is InChI=1S/C10H20N2O4/c1-8(16-3)10(14)12-5-4-9(13)11-6-7-15-2/h8H,4-7H2,1-3H3,(H,11,13)(H,12,14). The van der Waals surface area contributed by atoms with E-state index in [0.717, 1.165) is 0 Å². The number of hydrogen-bond acceptors (Lipinski definition) is 4. The van der Waals surface area contributed by atoms with E-state index < -0.39 is 6.10 Å². The third-order valence-electron chi connectivity index (χ3n) is 2.00. The second kappa shape index (κ2) is 9.11. The van der Waals surface area contributed by atoms with E-state index in [1.165, 1.54) is 7.11 Å². The third-order valence-corrected chi connectivity index (χ3v) is 2.00. The minimum Gasteiger partial charge on any atom is -0.383 e. The zero-order valence-corrected chi connectivity index (χ0v) is 10.0. The molecule has 0 rings (SSSR count). The van der Waals surface area contributed by atoms with Gasteiger partial charge in [-0.3, -0.25) is 9.59 Å². The number of hydrogen-bond donors (Lipinski definition) is 2. The van der Waals surface area contributed by atoms with E-state index in [2.05, 4.69) is 10.6 Å². The van der Waals surface area contributed by atoms with Crippen LogP contribution in [0.3, 0.4) is 0 Å². The first-order chi connectivity index (χ1) is 7.61. The van der Waals surface area contributed by atoms with E-state index in [4.69, 9.17) is 9.47 Å². The van der Waals surface area contributed by atoms with Gasteiger partial charge in [-0.15, -0.1) is 0 Å². The second-order valence-corrected chi connectivity index (χ2v) is 3.26. The molecule has 0 aliphatic heterocycles. The van der Waals surface area contributed by atoms with Crippen LogP contribution in [-0.4, -0.2) is 51.8 Å². The van der Waals surface area contributed by atoms with E-state index in [0.29, 0.717) is 19.7 Å². The lowest BCUT2D eigenvalue weighted by atomic mass is 10.3. The number of methoxy groups -OCH3 is 2. The van der Waals surface area contributed by atoms with E-state index in [-0.39, 0.29) is 18.2 Å². The van der Waals surface area contributed by atoms with Crippen molar-refractivity contribution in [3.63, 3.8) is 0 Å². The minimum absolute atomic E-state index is 0.109. The average molecular weight is 232 g/mol. The average Bonchev–Trinajstić information content (AvgIpc) is 2.28. The van der Waals surface area contributed by atoms with Crippen LogP contribution in [0.4, 0.5) is 0 Å². The smallest absolute Gasteiger partial charge is 0.248 e. The highest BCUT2D eigenvalue weighted by atomic mass is 16.5. The molecule has 0 aromatic heterocycles. The van der Waals surface area contributed by atoms with Crippen molar-refractivity contribution in [3.05, 3.63) is 0 Å². The molecule has 0 aliphatic rings. The molecule has 6 heteroatoms. The summed E-state index contributed by atoms with van der Waals surface area (Å²) in [7, 11) is 3.03. The molecule has 0 saturated carbocycles. The van der Waals surface area contributed by atoms with E-state index in [1.807, 2.05) is 0 Å². The topological polar surface area (TPSA) is 76.7 Å². The van der Waals surface area contributed by atoms with Crippen molar-refractivity contribution < 1.29 is 19.1 Å². The van der Waals surface area contributed by atoms with Crippen LogP contribution in [0.25, 0.3) is 0 Å². The first-order valence-corrected chi connectivity index (χ1v) is 5.18. The molecule has 6 nitrogen and oxygen atoms in total. The molecule has 0 spiro atoms. The van der Waals surface area contributed by atoms with Crippen LogP contribution in [-0.2, 0) is 19.1 Å². The Morgan fingerprint density at radius 3 is 2.44 bits per heavy atom. The number of rotatable bonds is 8. The Bertz CT molecular complexity index is 221. The van der Waals surface area contributed by atoms with Gasteiger partial charge in [-0.2, -0.15) is 0 Å². The Morgan fingerprint density at radius 1 is 1.19 bits per heavy atom. The predicted octanol–water partition coefficient (Wildman–Crippen LogP) is -0.710. The molecular formula is C10H20N2O4. The van der Waals surface area contributed by atoms with E-state index >= 15 is 0 Å². The maximum atomic E-state index is 11.2. The van der Waals surface area contributed by atoms with Gasteiger partial charge in [0.1, 0.15) is 6.10 Å². The minimum atomic E-state index is -0.489. The summed E-state index contributed by atoms with van der Waals surface area (Å²) in [5, 5.41) is 5.25. The lowest BCUT2D eigenvalue weighted by molar-refractivity contribution is -0.130. The summed E-state index contributed by atoms with van der Waals surface area (Å²) in [6.07, 6.45) is -0.233. The number of nitrogens with one attached hydrogen (secondary N) is 2. The molecule has 2 amide bonds. The molecule has 0 radical (unpaired) electrons. The van der Waals surface area contributed by atoms with Gasteiger partial charge in [0.2, 0.25) is 11.8 Å². The van der Waals surface area contributed by atoms with Gasteiger partial charge in [0, 0.05) is 33.7 Å². The molecule has 16 heavy (non-hydrogen) atoms. The lowest BCUT2D eigenvalue weighted by Gasteiger charge is -2.10. The van der Waals surface area contributed by atoms with Crippen LogP contribution in [0.15, 0.2) is 0 Å². The molecule has 94 valence electrons. The molecule has 0 aliphatic carbocycles. The Labute approximate surface area is 95.7 Å². The number of carbonyl (C=O) groups excluding carboxylic acids is 2. The third kappa shape index (κ3) is 7.19. The van der Waals surface area contributed by atoms with Crippen LogP contribution in [0.1, 0.15) is 13.3 Å². The van der Waals surface area contributed by atoms with Gasteiger partial charge in [-0.05, 0) is 6.92 Å². The number of amides is 2. The normalized spacial score (nSPS) is 11.9. The zero-order valence-electron chi connectivity index (χ0n) is 10.0. The highest BCUT2D eigenvalue weighted by Gasteiger charge is 2.10. The second-order valence-electron chi connectivity index (χ2n) is 3.26. The summed E-state index contributed by atoms with van der Waals surface area (Å²) in [4.78, 5) is 22.4. The van der Waals surface area contributed by atoms with Crippen LogP contribution in [0, 0.1) is 0 Å². The van der Waals surface area contributed by atoms with E-state index in [1.54, 1.807) is 14.0 Å². The monoisotopic (exact) mass is 232 g/mol. The Morgan fingerprint density at radius 2 is 1.88 bits per heavy atom. The van der Waals surface area contributed by atoms with Crippen molar-refractivity contribution in [2.75, 3.05) is 33.9 Å². The quantitative estimate of drug-likeness (QED) is 0.542. The molecule has 1 atom stereocenters. The molecule has 0 fully saturated rings. The highest BCUT2D eigenvalue weighted by molar-refractivity contribution is 5.81. The molecular weight excluding hydrogens is 212 g/mol. The Kier molecular flexibility index (Phi) is 8.46. The summed E-state index contributed by atoms with van der Waals surface area (Å²) in [5.74, 6) is -0.324. The van der Waals surface area contributed by atoms with Gasteiger partial charge in [0.05, 0.1) is 6.61 Å². The maximum Gasteiger partial charge on any atom is 0.248 e. The molecule has 0 aromatic rings. The van der Waals surface area contributed by atoms with Gasteiger partial charge >= 0.3 is 0 Å². The van der Waals surface area contributed by atoms with Crippen molar-refractivity contribution in [2.45, 2.75) is 19.4 Å². The van der Waals surface area contributed by atoms with E-state index in [9.17, 15) is 9.59 Å². The van der Waals surface area contributed by atoms with Crippen molar-refractivity contribution in [1.82, 2.24) is 10.6 Å². The molecule has 1 unspecified atom stereocenters. The number of ether oxygens (including phenoxy) is 2. The summed E-state index contributed by atoms with van der Waals surface area (Å²) in [6.45, 7) is 2.93. The summed E-state index contributed by atoms with van der Waals surface area (Å²) >= 11 is 0. The summed E-state index contributed by atoms with van der Waals surface area (Å²) < 4.78 is 9.60. The number of carbonyl (C=O) groups is 2. The van der Waals surface area contributed by atoms with Gasteiger partial charge < -0.3 is 20.1 Å². The molecule has 0 heterocycles. The van der Waals surface area contributed by atoms with Gasteiger partial charge in [-0.25, -0.2) is 0 Å². The molecule has 2 N–H and O–H groups in total. The Balaban J connectivity index is 3.50. The van der Waals surface area contributed by atoms with Gasteiger partial charge in [-0.1, -0.05) is 0 Å².